The van der Waals surface area contributed by atoms with E-state index in [1.807, 2.05) is 30.3 Å². The summed E-state index contributed by atoms with van der Waals surface area (Å²) >= 11 is 0. The molecule has 7 heteroatoms. The molecule has 2 atom stereocenters. The van der Waals surface area contributed by atoms with Gasteiger partial charge in [-0.25, -0.2) is 0 Å². The fourth-order valence-corrected chi connectivity index (χ4v) is 2.96. The van der Waals surface area contributed by atoms with Gasteiger partial charge in [0.05, 0.1) is 12.7 Å². The van der Waals surface area contributed by atoms with Gasteiger partial charge in [0.1, 0.15) is 12.3 Å². The van der Waals surface area contributed by atoms with Crippen LogP contribution in [-0.2, 0) is 14.3 Å². The molecule has 2 rings (SSSR count). The molecule has 2 N–H and O–H groups in total. The zero-order chi connectivity index (χ0) is 21.9. The maximum absolute atomic E-state index is 12.3. The molecule has 0 spiro atoms. The van der Waals surface area contributed by atoms with Gasteiger partial charge in [0.2, 0.25) is 0 Å². The Kier molecular flexibility index (Phi) is 8.87. The zero-order valence-corrected chi connectivity index (χ0v) is 17.5. The van der Waals surface area contributed by atoms with E-state index in [0.29, 0.717) is 17.9 Å². The first-order valence-corrected chi connectivity index (χ1v) is 9.89. The monoisotopic (exact) mass is 412 g/mol. The maximum Gasteiger partial charge on any atom is 0.326 e. The molecule has 0 unspecified atom stereocenters. The number of carbonyl (C=O) groups is 3. The topological polar surface area (TPSA) is 93.7 Å². The highest BCUT2D eigenvalue weighted by Crippen LogP contribution is 2.18. The van der Waals surface area contributed by atoms with Crippen molar-refractivity contribution < 1.29 is 23.9 Å². The minimum Gasteiger partial charge on any atom is -0.496 e. The quantitative estimate of drug-likeness (QED) is 0.585. The van der Waals surface area contributed by atoms with Gasteiger partial charge >= 0.3 is 5.97 Å². The lowest BCUT2D eigenvalue weighted by molar-refractivity contribution is -0.153. The Morgan fingerprint density at radius 3 is 2.30 bits per heavy atom. The molecule has 0 aliphatic rings. The highest BCUT2D eigenvalue weighted by molar-refractivity contribution is 5.98. The summed E-state index contributed by atoms with van der Waals surface area (Å²) in [7, 11) is 1.46. The lowest BCUT2D eigenvalue weighted by Gasteiger charge is -2.18. The highest BCUT2D eigenvalue weighted by atomic mass is 16.5. The third kappa shape index (κ3) is 6.62. The lowest BCUT2D eigenvalue weighted by Crippen LogP contribution is -2.40. The Balaban J connectivity index is 1.79. The molecule has 0 aliphatic carbocycles. The summed E-state index contributed by atoms with van der Waals surface area (Å²) in [6.45, 7) is 3.65. The normalized spacial score (nSPS) is 12.4. The fraction of sp³-hybridized carbons (Fsp3) is 0.348. The number of para-hydroxylation sites is 1. The van der Waals surface area contributed by atoms with Crippen LogP contribution >= 0.6 is 0 Å². The molecule has 0 radical (unpaired) electrons. The highest BCUT2D eigenvalue weighted by Gasteiger charge is 2.20. The smallest absolute Gasteiger partial charge is 0.326 e. The summed E-state index contributed by atoms with van der Waals surface area (Å²) < 4.78 is 10.3. The number of rotatable bonds is 10. The van der Waals surface area contributed by atoms with Crippen molar-refractivity contribution in [3.05, 3.63) is 65.7 Å². The standard InChI is InChI=1S/C23H28N2O5/c1-4-17(18-10-6-5-7-11-18)14-24-22(27)16(2)30-21(26)15-25-23(28)19-12-8-9-13-20(19)29-3/h5-13,16-17H,4,14-15H2,1-3H3,(H,24,27)(H,25,28)/t16-,17+/m1/s1. The van der Waals surface area contributed by atoms with E-state index in [1.54, 1.807) is 24.3 Å². The molecule has 2 aromatic rings. The van der Waals surface area contributed by atoms with Gasteiger partial charge in [-0.05, 0) is 31.0 Å². The van der Waals surface area contributed by atoms with E-state index in [0.717, 1.165) is 12.0 Å². The molecule has 0 bridgehead atoms. The van der Waals surface area contributed by atoms with Gasteiger partial charge < -0.3 is 20.1 Å². The Labute approximate surface area is 176 Å². The third-order valence-electron chi connectivity index (χ3n) is 4.71. The molecular weight excluding hydrogens is 384 g/mol. The minimum absolute atomic E-state index is 0.179. The molecule has 0 aromatic heterocycles. The summed E-state index contributed by atoms with van der Waals surface area (Å²) in [5.41, 5.74) is 1.45. The van der Waals surface area contributed by atoms with Crippen LogP contribution in [0.25, 0.3) is 0 Å². The van der Waals surface area contributed by atoms with Gasteiger partial charge in [0.25, 0.3) is 11.8 Å². The van der Waals surface area contributed by atoms with Gasteiger partial charge in [-0.3, -0.25) is 14.4 Å². The predicted molar refractivity (Wildman–Crippen MR) is 113 cm³/mol. The number of hydrogen-bond acceptors (Lipinski definition) is 5. The number of benzene rings is 2. The second-order valence-electron chi connectivity index (χ2n) is 6.78. The lowest BCUT2D eigenvalue weighted by atomic mass is 9.96. The van der Waals surface area contributed by atoms with E-state index in [1.165, 1.54) is 14.0 Å². The van der Waals surface area contributed by atoms with E-state index in [4.69, 9.17) is 9.47 Å². The number of esters is 1. The number of amides is 2. The van der Waals surface area contributed by atoms with Gasteiger partial charge in [0.15, 0.2) is 6.10 Å². The first kappa shape index (κ1) is 22.9. The first-order chi connectivity index (χ1) is 14.5. The first-order valence-electron chi connectivity index (χ1n) is 9.89. The molecule has 30 heavy (non-hydrogen) atoms. The number of nitrogens with one attached hydrogen (secondary N) is 2. The number of carbonyl (C=O) groups excluding carboxylic acids is 3. The summed E-state index contributed by atoms with van der Waals surface area (Å²) in [4.78, 5) is 36.5. The van der Waals surface area contributed by atoms with Crippen LogP contribution in [0.5, 0.6) is 5.75 Å². The van der Waals surface area contributed by atoms with Crippen LogP contribution in [0.1, 0.15) is 42.1 Å². The van der Waals surface area contributed by atoms with Gasteiger partial charge in [0, 0.05) is 12.5 Å². The molecular formula is C23H28N2O5. The molecule has 0 saturated carbocycles. The van der Waals surface area contributed by atoms with Crippen molar-refractivity contribution in [3.8, 4) is 5.75 Å². The van der Waals surface area contributed by atoms with Crippen molar-refractivity contribution >= 4 is 17.8 Å². The SMILES string of the molecule is CC[C@@H](CNC(=O)[C@@H](C)OC(=O)CNC(=O)c1ccccc1OC)c1ccccc1. The van der Waals surface area contributed by atoms with Crippen LogP contribution in [0.15, 0.2) is 54.6 Å². The molecule has 160 valence electrons. The average molecular weight is 412 g/mol. The Hall–Kier alpha value is -3.35. The predicted octanol–water partition coefficient (Wildman–Crippen LogP) is 2.67. The van der Waals surface area contributed by atoms with Crippen molar-refractivity contribution in [2.24, 2.45) is 0 Å². The maximum atomic E-state index is 12.3. The Morgan fingerprint density at radius 1 is 0.967 bits per heavy atom. The fourth-order valence-electron chi connectivity index (χ4n) is 2.96. The van der Waals surface area contributed by atoms with Crippen molar-refractivity contribution in [3.63, 3.8) is 0 Å². The number of ether oxygens (including phenoxy) is 2. The van der Waals surface area contributed by atoms with Crippen molar-refractivity contribution in [2.75, 3.05) is 20.2 Å². The Morgan fingerprint density at radius 2 is 1.63 bits per heavy atom. The van der Waals surface area contributed by atoms with Crippen LogP contribution in [-0.4, -0.2) is 44.1 Å². The third-order valence-corrected chi connectivity index (χ3v) is 4.71. The summed E-state index contributed by atoms with van der Waals surface area (Å²) in [5, 5.41) is 5.30. The van der Waals surface area contributed by atoms with E-state index in [-0.39, 0.29) is 18.4 Å². The molecule has 2 aromatic carbocycles. The van der Waals surface area contributed by atoms with E-state index in [2.05, 4.69) is 17.6 Å². The summed E-state index contributed by atoms with van der Waals surface area (Å²) in [5.74, 6) is -0.960. The van der Waals surface area contributed by atoms with Crippen molar-refractivity contribution in [1.82, 2.24) is 10.6 Å². The van der Waals surface area contributed by atoms with Crippen LogP contribution in [0.2, 0.25) is 0 Å². The van der Waals surface area contributed by atoms with Crippen LogP contribution < -0.4 is 15.4 Å². The summed E-state index contributed by atoms with van der Waals surface area (Å²) in [6, 6.07) is 16.6. The summed E-state index contributed by atoms with van der Waals surface area (Å²) in [6.07, 6.45) is -0.0954. The molecule has 0 heterocycles. The molecule has 0 aliphatic heterocycles. The van der Waals surface area contributed by atoms with Gasteiger partial charge in [-0.1, -0.05) is 49.4 Å². The Bertz CT molecular complexity index is 854. The van der Waals surface area contributed by atoms with Gasteiger partial charge in [-0.2, -0.15) is 0 Å². The van der Waals surface area contributed by atoms with E-state index >= 15 is 0 Å². The van der Waals surface area contributed by atoms with Crippen molar-refractivity contribution in [2.45, 2.75) is 32.3 Å². The largest absolute Gasteiger partial charge is 0.496 e. The van der Waals surface area contributed by atoms with Gasteiger partial charge in [-0.15, -0.1) is 0 Å². The molecule has 0 saturated heterocycles. The zero-order valence-electron chi connectivity index (χ0n) is 17.5. The number of hydrogen-bond donors (Lipinski definition) is 2. The molecule has 7 nitrogen and oxygen atoms in total. The minimum atomic E-state index is -0.964. The van der Waals surface area contributed by atoms with E-state index < -0.39 is 18.0 Å². The second-order valence-corrected chi connectivity index (χ2v) is 6.78. The average Bonchev–Trinajstić information content (AvgIpc) is 2.78. The van der Waals surface area contributed by atoms with Crippen LogP contribution in [0.4, 0.5) is 0 Å². The van der Waals surface area contributed by atoms with Crippen LogP contribution in [0, 0.1) is 0 Å². The molecule has 2 amide bonds. The number of methoxy groups -OCH3 is 1. The van der Waals surface area contributed by atoms with E-state index in [9.17, 15) is 14.4 Å². The molecule has 0 fully saturated rings. The second kappa shape index (κ2) is 11.6. The van der Waals surface area contributed by atoms with Crippen molar-refractivity contribution in [1.29, 1.82) is 0 Å². The van der Waals surface area contributed by atoms with Crippen LogP contribution in [0.3, 0.4) is 0 Å².